The Morgan fingerprint density at radius 2 is 1.05 bits per heavy atom. The van der Waals surface area contributed by atoms with Crippen LogP contribution in [0.5, 0.6) is 0 Å². The van der Waals surface area contributed by atoms with Crippen LogP contribution in [0.2, 0.25) is 0 Å². The Morgan fingerprint density at radius 3 is 1.64 bits per heavy atom. The van der Waals surface area contributed by atoms with E-state index in [9.17, 15) is 35.1 Å². The molecule has 0 spiro atoms. The Hall–Kier alpha value is -2.64. The SMILES string of the molecule is CCCC/C=C\CCCCCCCC(=O)OCCCCC/C=C\C=C/CCCCCCCCC(=O)NC(COC1OC(CO)C(O)C(O)C1O)C(O)/C=C/CC/C=C/CCCCCCCC. The predicted octanol–water partition coefficient (Wildman–Crippen LogP) is 11.1. The van der Waals surface area contributed by atoms with Gasteiger partial charge in [-0.15, -0.1) is 0 Å². The number of ether oxygens (including phenoxy) is 3. The number of amides is 1. The molecule has 6 N–H and O–H groups in total. The second-order valence-electron chi connectivity index (χ2n) is 18.2. The molecule has 1 rings (SSSR count). The third-order valence-corrected chi connectivity index (χ3v) is 12.1. The number of aliphatic hydroxyl groups is 5. The number of esters is 1. The van der Waals surface area contributed by atoms with Crippen LogP contribution in [0.1, 0.15) is 213 Å². The topological polar surface area (TPSA) is 175 Å². The molecular weight excluding hydrogens is 835 g/mol. The number of allylic oxidation sites excluding steroid dienone is 9. The molecule has 1 fully saturated rings. The van der Waals surface area contributed by atoms with Gasteiger partial charge < -0.3 is 45.1 Å². The Balaban J connectivity index is 2.22. The Bertz CT molecular complexity index is 1280. The average molecular weight is 932 g/mol. The molecule has 11 heteroatoms. The lowest BCUT2D eigenvalue weighted by molar-refractivity contribution is -0.302. The zero-order valence-corrected chi connectivity index (χ0v) is 41.6. The highest BCUT2D eigenvalue weighted by atomic mass is 16.7. The molecule has 0 radical (unpaired) electrons. The van der Waals surface area contributed by atoms with Crippen LogP contribution in [0.4, 0.5) is 0 Å². The lowest BCUT2D eigenvalue weighted by Crippen LogP contribution is -2.60. The molecule has 1 aliphatic rings. The molecule has 0 aromatic rings. The maximum Gasteiger partial charge on any atom is 0.305 e. The van der Waals surface area contributed by atoms with E-state index in [1.807, 2.05) is 6.08 Å². The predicted molar refractivity (Wildman–Crippen MR) is 269 cm³/mol. The van der Waals surface area contributed by atoms with Crippen LogP contribution in [0.25, 0.3) is 0 Å². The summed E-state index contributed by atoms with van der Waals surface area (Å²) in [4.78, 5) is 25.0. The summed E-state index contributed by atoms with van der Waals surface area (Å²) in [6.07, 6.45) is 45.9. The molecule has 0 aromatic heterocycles. The van der Waals surface area contributed by atoms with Gasteiger partial charge in [-0.05, 0) is 96.3 Å². The number of nitrogens with one attached hydrogen (secondary N) is 1. The highest BCUT2D eigenvalue weighted by Gasteiger charge is 2.44. The van der Waals surface area contributed by atoms with E-state index in [4.69, 9.17) is 14.2 Å². The summed E-state index contributed by atoms with van der Waals surface area (Å²) in [5.74, 6) is -0.272. The average Bonchev–Trinajstić information content (AvgIpc) is 3.31. The van der Waals surface area contributed by atoms with Crippen LogP contribution in [-0.2, 0) is 23.8 Å². The molecule has 1 heterocycles. The Morgan fingerprint density at radius 1 is 0.561 bits per heavy atom. The molecule has 0 saturated carbocycles. The zero-order chi connectivity index (χ0) is 48.1. The lowest BCUT2D eigenvalue weighted by atomic mass is 9.99. The molecule has 66 heavy (non-hydrogen) atoms. The third kappa shape index (κ3) is 34.6. The standard InChI is InChI=1S/C55H97NO10/c1-3-5-7-9-11-13-15-22-25-29-33-37-41-48(58)47(46-65-55-54(63)53(62)52(61)49(45-57)66-55)56-50(59)42-38-34-30-26-23-19-17-16-18-20-24-28-32-36-40-44-64-51(60)43-39-35-31-27-21-14-12-10-8-6-4-2/h10,12,16,18,20,22,24-25,37,41,47-49,52-55,57-58,61-63H,3-9,11,13-15,17,19,21,23,26-36,38-40,42-46H2,1-2H3,(H,56,59)/b12-10-,18-16-,24-20-,25-22+,41-37+. The van der Waals surface area contributed by atoms with Crippen molar-refractivity contribution in [1.82, 2.24) is 5.32 Å². The summed E-state index contributed by atoms with van der Waals surface area (Å²) >= 11 is 0. The fourth-order valence-corrected chi connectivity index (χ4v) is 7.77. The highest BCUT2D eigenvalue weighted by molar-refractivity contribution is 5.76. The van der Waals surface area contributed by atoms with E-state index in [-0.39, 0.29) is 18.5 Å². The first-order valence-corrected chi connectivity index (χ1v) is 26.6. The van der Waals surface area contributed by atoms with Crippen molar-refractivity contribution >= 4 is 11.9 Å². The lowest BCUT2D eigenvalue weighted by Gasteiger charge is -2.40. The van der Waals surface area contributed by atoms with Crippen molar-refractivity contribution in [2.24, 2.45) is 0 Å². The van der Waals surface area contributed by atoms with E-state index in [0.29, 0.717) is 19.4 Å². The molecule has 0 aromatic carbocycles. The minimum atomic E-state index is -1.59. The van der Waals surface area contributed by atoms with Crippen molar-refractivity contribution in [3.8, 4) is 0 Å². The maximum absolute atomic E-state index is 13.0. The summed E-state index contributed by atoms with van der Waals surface area (Å²) in [5, 5.41) is 54.2. The van der Waals surface area contributed by atoms with Gasteiger partial charge in [-0.1, -0.05) is 164 Å². The van der Waals surface area contributed by atoms with E-state index in [1.165, 1.54) is 83.5 Å². The van der Waals surface area contributed by atoms with E-state index in [2.05, 4.69) is 67.8 Å². The van der Waals surface area contributed by atoms with E-state index < -0.39 is 49.5 Å². The Kier molecular flexibility index (Phi) is 41.7. The first kappa shape index (κ1) is 61.4. The van der Waals surface area contributed by atoms with Crippen molar-refractivity contribution in [3.63, 3.8) is 0 Å². The normalized spacial score (nSPS) is 20.1. The molecule has 0 aliphatic carbocycles. The van der Waals surface area contributed by atoms with Crippen LogP contribution in [0.3, 0.4) is 0 Å². The van der Waals surface area contributed by atoms with Gasteiger partial charge in [-0.2, -0.15) is 0 Å². The number of aliphatic hydroxyl groups excluding tert-OH is 5. The van der Waals surface area contributed by atoms with Crippen molar-refractivity contribution in [2.75, 3.05) is 19.8 Å². The second kappa shape index (κ2) is 44.8. The first-order chi connectivity index (χ1) is 32.2. The molecule has 7 unspecified atom stereocenters. The van der Waals surface area contributed by atoms with Gasteiger partial charge in [0.05, 0.1) is 32.0 Å². The second-order valence-corrected chi connectivity index (χ2v) is 18.2. The number of rotatable bonds is 44. The van der Waals surface area contributed by atoms with Gasteiger partial charge in [0.15, 0.2) is 6.29 Å². The number of hydrogen-bond acceptors (Lipinski definition) is 10. The summed E-state index contributed by atoms with van der Waals surface area (Å²) in [7, 11) is 0. The number of carbonyl (C=O) groups excluding carboxylic acids is 2. The summed E-state index contributed by atoms with van der Waals surface area (Å²) in [6.45, 7) is 4.17. The minimum absolute atomic E-state index is 0.0541. The van der Waals surface area contributed by atoms with E-state index in [0.717, 1.165) is 103 Å². The van der Waals surface area contributed by atoms with Crippen LogP contribution in [0, 0.1) is 0 Å². The van der Waals surface area contributed by atoms with Gasteiger partial charge in [0, 0.05) is 12.8 Å². The monoisotopic (exact) mass is 932 g/mol. The smallest absolute Gasteiger partial charge is 0.305 e. The molecule has 11 nitrogen and oxygen atoms in total. The quantitative estimate of drug-likeness (QED) is 0.0149. The number of carbonyl (C=O) groups is 2. The van der Waals surface area contributed by atoms with Crippen LogP contribution in [-0.4, -0.2) is 100 Å². The van der Waals surface area contributed by atoms with Crippen LogP contribution in [0.15, 0.2) is 60.8 Å². The third-order valence-electron chi connectivity index (χ3n) is 12.1. The highest BCUT2D eigenvalue weighted by Crippen LogP contribution is 2.22. The molecule has 0 bridgehead atoms. The molecular formula is C55H97NO10. The summed E-state index contributed by atoms with van der Waals surface area (Å²) in [5.41, 5.74) is 0. The largest absolute Gasteiger partial charge is 0.466 e. The first-order valence-electron chi connectivity index (χ1n) is 26.6. The fraction of sp³-hybridized carbons (Fsp3) is 0.782. The van der Waals surface area contributed by atoms with Gasteiger partial charge in [0.2, 0.25) is 5.91 Å². The van der Waals surface area contributed by atoms with Crippen molar-refractivity contribution in [2.45, 2.75) is 256 Å². The molecule has 7 atom stereocenters. The van der Waals surface area contributed by atoms with Crippen LogP contribution >= 0.6 is 0 Å². The van der Waals surface area contributed by atoms with Gasteiger partial charge >= 0.3 is 5.97 Å². The maximum atomic E-state index is 13.0. The van der Waals surface area contributed by atoms with E-state index in [1.54, 1.807) is 6.08 Å². The van der Waals surface area contributed by atoms with Crippen molar-refractivity contribution < 1.29 is 49.3 Å². The number of unbranched alkanes of at least 4 members (excludes halogenated alkanes) is 23. The van der Waals surface area contributed by atoms with Crippen molar-refractivity contribution in [1.29, 1.82) is 0 Å². The van der Waals surface area contributed by atoms with Crippen molar-refractivity contribution in [3.05, 3.63) is 60.8 Å². The van der Waals surface area contributed by atoms with Crippen LogP contribution < -0.4 is 5.32 Å². The molecule has 382 valence electrons. The Labute approximate surface area is 401 Å². The molecule has 1 amide bonds. The van der Waals surface area contributed by atoms with Gasteiger partial charge in [0.1, 0.15) is 24.4 Å². The van der Waals surface area contributed by atoms with Gasteiger partial charge in [-0.3, -0.25) is 9.59 Å². The van der Waals surface area contributed by atoms with Gasteiger partial charge in [-0.25, -0.2) is 0 Å². The summed E-state index contributed by atoms with van der Waals surface area (Å²) < 4.78 is 16.6. The molecule has 1 saturated heterocycles. The van der Waals surface area contributed by atoms with Gasteiger partial charge in [0.25, 0.3) is 0 Å². The zero-order valence-electron chi connectivity index (χ0n) is 41.6. The van der Waals surface area contributed by atoms with E-state index >= 15 is 0 Å². The molecule has 1 aliphatic heterocycles. The summed E-state index contributed by atoms with van der Waals surface area (Å²) in [6, 6.07) is -0.845. The number of hydrogen-bond donors (Lipinski definition) is 6. The minimum Gasteiger partial charge on any atom is -0.466 e. The fourth-order valence-electron chi connectivity index (χ4n) is 7.77.